The summed E-state index contributed by atoms with van der Waals surface area (Å²) in [5.74, 6) is 1.14. The molecule has 1 saturated carbocycles. The summed E-state index contributed by atoms with van der Waals surface area (Å²) < 4.78 is 0. The maximum Gasteiger partial charge on any atom is 0.315 e. The van der Waals surface area contributed by atoms with Gasteiger partial charge >= 0.3 is 6.03 Å². The summed E-state index contributed by atoms with van der Waals surface area (Å²) >= 11 is 0. The highest BCUT2D eigenvalue weighted by Gasteiger charge is 2.24. The van der Waals surface area contributed by atoms with Crippen molar-refractivity contribution in [1.29, 1.82) is 0 Å². The van der Waals surface area contributed by atoms with Crippen LogP contribution in [0.1, 0.15) is 46.5 Å². The van der Waals surface area contributed by atoms with Gasteiger partial charge in [-0.1, -0.05) is 12.8 Å². The molecule has 4 heteroatoms. The van der Waals surface area contributed by atoms with E-state index in [-0.39, 0.29) is 11.6 Å². The number of hydrogen-bond donors (Lipinski definition) is 3. The van der Waals surface area contributed by atoms with Crippen molar-refractivity contribution >= 4 is 6.03 Å². The fraction of sp³-hybridized carbons (Fsp3) is 0.923. The summed E-state index contributed by atoms with van der Waals surface area (Å²) in [5.41, 5.74) is 5.60. The lowest BCUT2D eigenvalue weighted by Gasteiger charge is -2.31. The third-order valence-corrected chi connectivity index (χ3v) is 3.38. The molecule has 2 unspecified atom stereocenters. The molecule has 4 N–H and O–H groups in total. The zero-order valence-electron chi connectivity index (χ0n) is 11.4. The van der Waals surface area contributed by atoms with E-state index in [1.165, 1.54) is 25.7 Å². The monoisotopic (exact) mass is 241 g/mol. The van der Waals surface area contributed by atoms with Crippen LogP contribution in [0.5, 0.6) is 0 Å². The fourth-order valence-corrected chi connectivity index (χ4v) is 2.47. The minimum Gasteiger partial charge on any atom is -0.338 e. The number of amides is 2. The van der Waals surface area contributed by atoms with Gasteiger partial charge in [-0.3, -0.25) is 0 Å². The maximum absolute atomic E-state index is 11.6. The Morgan fingerprint density at radius 3 is 2.35 bits per heavy atom. The minimum atomic E-state index is -0.177. The van der Waals surface area contributed by atoms with E-state index in [0.717, 1.165) is 13.1 Å². The first kappa shape index (κ1) is 14.3. The van der Waals surface area contributed by atoms with E-state index in [1.807, 2.05) is 20.8 Å². The highest BCUT2D eigenvalue weighted by Crippen LogP contribution is 2.28. The molecule has 0 aromatic heterocycles. The van der Waals surface area contributed by atoms with Gasteiger partial charge in [0.1, 0.15) is 0 Å². The number of nitrogens with one attached hydrogen (secondary N) is 2. The Morgan fingerprint density at radius 1 is 1.24 bits per heavy atom. The Kier molecular flexibility index (Phi) is 5.25. The van der Waals surface area contributed by atoms with E-state index in [2.05, 4.69) is 10.6 Å². The van der Waals surface area contributed by atoms with Crippen LogP contribution in [0.3, 0.4) is 0 Å². The van der Waals surface area contributed by atoms with Crippen LogP contribution >= 0.6 is 0 Å². The molecule has 0 saturated heterocycles. The van der Waals surface area contributed by atoms with E-state index >= 15 is 0 Å². The summed E-state index contributed by atoms with van der Waals surface area (Å²) in [4.78, 5) is 11.6. The second-order valence-electron chi connectivity index (χ2n) is 6.13. The van der Waals surface area contributed by atoms with E-state index in [4.69, 9.17) is 5.73 Å². The minimum absolute atomic E-state index is 0.0705. The lowest BCUT2D eigenvalue weighted by Crippen LogP contribution is -2.48. The average molecular weight is 241 g/mol. The SMILES string of the molecule is CC(C)(C)NC(=O)NCC1CCCCC1CN. The van der Waals surface area contributed by atoms with Crippen molar-refractivity contribution in [2.24, 2.45) is 17.6 Å². The van der Waals surface area contributed by atoms with Gasteiger partial charge in [0, 0.05) is 12.1 Å². The molecular formula is C13H27N3O. The molecule has 0 spiro atoms. The Labute approximate surface area is 105 Å². The lowest BCUT2D eigenvalue weighted by molar-refractivity contribution is 0.213. The van der Waals surface area contributed by atoms with Crippen LogP contribution in [0.4, 0.5) is 4.79 Å². The van der Waals surface area contributed by atoms with E-state index in [1.54, 1.807) is 0 Å². The highest BCUT2D eigenvalue weighted by molar-refractivity contribution is 5.74. The van der Waals surface area contributed by atoms with Gasteiger partial charge in [-0.25, -0.2) is 4.79 Å². The number of urea groups is 1. The predicted octanol–water partition coefficient (Wildman–Crippen LogP) is 1.85. The van der Waals surface area contributed by atoms with Crippen molar-refractivity contribution in [3.05, 3.63) is 0 Å². The summed E-state index contributed by atoms with van der Waals surface area (Å²) in [6.45, 7) is 7.44. The average Bonchev–Trinajstić information content (AvgIpc) is 2.24. The molecule has 2 atom stereocenters. The normalized spacial score (nSPS) is 25.4. The Morgan fingerprint density at radius 2 is 1.82 bits per heavy atom. The van der Waals surface area contributed by atoms with Gasteiger partial charge in [0.15, 0.2) is 0 Å². The molecule has 1 aliphatic carbocycles. The second kappa shape index (κ2) is 6.24. The van der Waals surface area contributed by atoms with E-state index in [9.17, 15) is 4.79 Å². The number of nitrogens with two attached hydrogens (primary N) is 1. The van der Waals surface area contributed by atoms with Crippen LogP contribution in [0, 0.1) is 11.8 Å². The summed E-state index contributed by atoms with van der Waals surface area (Å²) in [5, 5.41) is 5.88. The van der Waals surface area contributed by atoms with Crippen LogP contribution in [0.15, 0.2) is 0 Å². The predicted molar refractivity (Wildman–Crippen MR) is 70.8 cm³/mol. The molecular weight excluding hydrogens is 214 g/mol. The molecule has 17 heavy (non-hydrogen) atoms. The zero-order valence-corrected chi connectivity index (χ0v) is 11.4. The van der Waals surface area contributed by atoms with Crippen LogP contribution in [0.25, 0.3) is 0 Å². The molecule has 0 bridgehead atoms. The Bertz CT molecular complexity index is 248. The number of carbonyl (C=O) groups is 1. The van der Waals surface area contributed by atoms with E-state index in [0.29, 0.717) is 11.8 Å². The molecule has 100 valence electrons. The van der Waals surface area contributed by atoms with Crippen molar-refractivity contribution in [2.45, 2.75) is 52.0 Å². The molecule has 0 heterocycles. The van der Waals surface area contributed by atoms with Crippen molar-refractivity contribution < 1.29 is 4.79 Å². The lowest BCUT2D eigenvalue weighted by atomic mass is 9.79. The van der Waals surface area contributed by atoms with Crippen molar-refractivity contribution in [2.75, 3.05) is 13.1 Å². The summed E-state index contributed by atoms with van der Waals surface area (Å²) in [6.07, 6.45) is 4.96. The molecule has 4 nitrogen and oxygen atoms in total. The maximum atomic E-state index is 11.6. The standard InChI is InChI=1S/C13H27N3O/c1-13(2,3)16-12(17)15-9-11-7-5-4-6-10(11)8-14/h10-11H,4-9,14H2,1-3H3,(H2,15,16,17). The number of rotatable bonds is 3. The topological polar surface area (TPSA) is 67.2 Å². The second-order valence-corrected chi connectivity index (χ2v) is 6.13. The van der Waals surface area contributed by atoms with Gasteiger partial charge in [-0.15, -0.1) is 0 Å². The quantitative estimate of drug-likeness (QED) is 0.706. The summed E-state index contributed by atoms with van der Waals surface area (Å²) in [7, 11) is 0. The largest absolute Gasteiger partial charge is 0.338 e. The molecule has 1 aliphatic rings. The molecule has 0 aromatic rings. The van der Waals surface area contributed by atoms with Crippen LogP contribution in [0.2, 0.25) is 0 Å². The third-order valence-electron chi connectivity index (χ3n) is 3.38. The highest BCUT2D eigenvalue weighted by atomic mass is 16.2. The Hall–Kier alpha value is -0.770. The molecule has 0 aliphatic heterocycles. The van der Waals surface area contributed by atoms with Gasteiger partial charge < -0.3 is 16.4 Å². The van der Waals surface area contributed by atoms with Crippen LogP contribution in [-0.2, 0) is 0 Å². The van der Waals surface area contributed by atoms with Crippen LogP contribution < -0.4 is 16.4 Å². The zero-order chi connectivity index (χ0) is 12.9. The molecule has 0 aromatic carbocycles. The Balaban J connectivity index is 2.31. The fourth-order valence-electron chi connectivity index (χ4n) is 2.47. The van der Waals surface area contributed by atoms with Gasteiger partial charge in [0.25, 0.3) is 0 Å². The third kappa shape index (κ3) is 5.39. The number of hydrogen-bond acceptors (Lipinski definition) is 2. The van der Waals surface area contributed by atoms with Gasteiger partial charge in [0.05, 0.1) is 0 Å². The van der Waals surface area contributed by atoms with Gasteiger partial charge in [-0.05, 0) is 52.0 Å². The van der Waals surface area contributed by atoms with Gasteiger partial charge in [0.2, 0.25) is 0 Å². The molecule has 1 fully saturated rings. The first-order valence-corrected chi connectivity index (χ1v) is 6.68. The molecule has 1 rings (SSSR count). The van der Waals surface area contributed by atoms with Crippen molar-refractivity contribution in [3.63, 3.8) is 0 Å². The first-order valence-electron chi connectivity index (χ1n) is 6.68. The number of carbonyl (C=O) groups excluding carboxylic acids is 1. The van der Waals surface area contributed by atoms with Crippen molar-refractivity contribution in [3.8, 4) is 0 Å². The summed E-state index contributed by atoms with van der Waals surface area (Å²) in [6, 6.07) is -0.0705. The molecule has 0 radical (unpaired) electrons. The van der Waals surface area contributed by atoms with E-state index < -0.39 is 0 Å². The molecule has 2 amide bonds. The van der Waals surface area contributed by atoms with Crippen molar-refractivity contribution in [1.82, 2.24) is 10.6 Å². The van der Waals surface area contributed by atoms with Gasteiger partial charge in [-0.2, -0.15) is 0 Å². The van der Waals surface area contributed by atoms with Crippen LogP contribution in [-0.4, -0.2) is 24.7 Å². The smallest absolute Gasteiger partial charge is 0.315 e. The first-order chi connectivity index (χ1) is 7.92.